The zero-order chi connectivity index (χ0) is 19.1. The van der Waals surface area contributed by atoms with Gasteiger partial charge in [-0.3, -0.25) is 5.10 Å². The number of nitrogens with one attached hydrogen (secondary N) is 1. The first-order valence-corrected chi connectivity index (χ1v) is 10.2. The lowest BCUT2D eigenvalue weighted by molar-refractivity contribution is 0.0346. The third kappa shape index (κ3) is 3.28. The first-order valence-electron chi connectivity index (χ1n) is 9.40. The Morgan fingerprint density at radius 1 is 1.22 bits per heavy atom. The van der Waals surface area contributed by atoms with E-state index in [9.17, 15) is 0 Å². The molecule has 4 rings (SSSR count). The lowest BCUT2D eigenvalue weighted by atomic mass is 9.95. The molecule has 2 atom stereocenters. The van der Waals surface area contributed by atoms with Gasteiger partial charge in [-0.1, -0.05) is 23.8 Å². The van der Waals surface area contributed by atoms with Crippen LogP contribution in [0.3, 0.4) is 0 Å². The highest BCUT2D eigenvalue weighted by atomic mass is 32.1. The van der Waals surface area contributed by atoms with Crippen LogP contribution >= 0.6 is 11.3 Å². The van der Waals surface area contributed by atoms with Crippen molar-refractivity contribution in [1.29, 1.82) is 0 Å². The quantitative estimate of drug-likeness (QED) is 0.711. The van der Waals surface area contributed by atoms with Crippen LogP contribution in [-0.4, -0.2) is 40.5 Å². The molecule has 0 spiro atoms. The van der Waals surface area contributed by atoms with Gasteiger partial charge in [0.15, 0.2) is 5.82 Å². The number of H-pyrrole nitrogens is 1. The minimum atomic E-state index is 0.237. The second kappa shape index (κ2) is 7.09. The zero-order valence-electron chi connectivity index (χ0n) is 16.5. The van der Waals surface area contributed by atoms with Crippen LogP contribution in [0.25, 0.3) is 21.8 Å². The van der Waals surface area contributed by atoms with E-state index in [2.05, 4.69) is 72.9 Å². The highest BCUT2D eigenvalue weighted by molar-refractivity contribution is 7.20. The summed E-state index contributed by atoms with van der Waals surface area (Å²) in [6, 6.07) is 7.01. The molecule has 0 saturated carbocycles. The third-order valence-electron chi connectivity index (χ3n) is 5.27. The lowest BCUT2D eigenvalue weighted by Crippen LogP contribution is -2.47. The number of ether oxygens (including phenoxy) is 1. The van der Waals surface area contributed by atoms with Crippen molar-refractivity contribution in [3.8, 4) is 21.8 Å². The second-order valence-electron chi connectivity index (χ2n) is 7.53. The van der Waals surface area contributed by atoms with Crippen molar-refractivity contribution in [2.24, 2.45) is 0 Å². The number of aromatic amines is 1. The number of hydrogen-bond donors (Lipinski definition) is 1. The number of hydrogen-bond acceptors (Lipinski definition) is 5. The van der Waals surface area contributed by atoms with Crippen LogP contribution in [0.5, 0.6) is 0 Å². The van der Waals surface area contributed by atoms with Gasteiger partial charge in [0.25, 0.3) is 0 Å². The van der Waals surface area contributed by atoms with Crippen LogP contribution in [0.15, 0.2) is 24.5 Å². The molecule has 27 heavy (non-hydrogen) atoms. The Kier molecular flexibility index (Phi) is 4.78. The number of anilines is 1. The summed E-state index contributed by atoms with van der Waals surface area (Å²) in [6.45, 7) is 12.6. The van der Waals surface area contributed by atoms with Crippen LogP contribution < -0.4 is 4.90 Å². The maximum Gasteiger partial charge on any atom is 0.166 e. The first kappa shape index (κ1) is 18.2. The first-order chi connectivity index (χ1) is 13.0. The standard InChI is InChI=1S/C21H26N4OS/c1-12-6-7-17(13(2)8-12)18-16(5)21(25-9-15(4)26-10-14(25)3)27-19(18)20-22-11-23-24-20/h6-8,11,14-15H,9-10H2,1-5H3,(H,22,23,24)/t14?,15-/m1/s1. The molecule has 1 fully saturated rings. The van der Waals surface area contributed by atoms with Gasteiger partial charge in [-0.15, -0.1) is 11.3 Å². The smallest absolute Gasteiger partial charge is 0.166 e. The van der Waals surface area contributed by atoms with Crippen molar-refractivity contribution in [2.75, 3.05) is 18.1 Å². The Morgan fingerprint density at radius 3 is 2.74 bits per heavy atom. The highest BCUT2D eigenvalue weighted by Crippen LogP contribution is 2.47. The number of benzene rings is 1. The van der Waals surface area contributed by atoms with Crippen molar-refractivity contribution in [2.45, 2.75) is 46.8 Å². The van der Waals surface area contributed by atoms with Gasteiger partial charge in [-0.25, -0.2) is 4.98 Å². The molecule has 1 unspecified atom stereocenters. The van der Waals surface area contributed by atoms with Crippen molar-refractivity contribution >= 4 is 16.3 Å². The highest BCUT2D eigenvalue weighted by Gasteiger charge is 2.29. The summed E-state index contributed by atoms with van der Waals surface area (Å²) < 4.78 is 5.84. The third-order valence-corrected chi connectivity index (χ3v) is 6.61. The minimum Gasteiger partial charge on any atom is -0.375 e. The van der Waals surface area contributed by atoms with Gasteiger partial charge in [0.05, 0.1) is 28.6 Å². The molecule has 2 aromatic heterocycles. The van der Waals surface area contributed by atoms with Gasteiger partial charge in [0.1, 0.15) is 6.33 Å². The molecular weight excluding hydrogens is 356 g/mol. The SMILES string of the molecule is Cc1ccc(-c2c(-c3ncn[nH]3)sc(N3C[C@@H](C)OCC3C)c2C)c(C)c1. The average molecular weight is 383 g/mol. The van der Waals surface area contributed by atoms with Crippen molar-refractivity contribution < 1.29 is 4.74 Å². The number of aryl methyl sites for hydroxylation is 2. The molecule has 0 amide bonds. The molecule has 0 aliphatic carbocycles. The largest absolute Gasteiger partial charge is 0.375 e. The predicted molar refractivity (Wildman–Crippen MR) is 112 cm³/mol. The second-order valence-corrected chi connectivity index (χ2v) is 8.53. The Morgan fingerprint density at radius 2 is 2.04 bits per heavy atom. The van der Waals surface area contributed by atoms with E-state index in [1.807, 2.05) is 0 Å². The predicted octanol–water partition coefficient (Wildman–Crippen LogP) is 4.74. The van der Waals surface area contributed by atoms with Crippen LogP contribution in [0.4, 0.5) is 5.00 Å². The molecule has 5 nitrogen and oxygen atoms in total. The zero-order valence-corrected chi connectivity index (χ0v) is 17.4. The van der Waals surface area contributed by atoms with Gasteiger partial charge in [-0.2, -0.15) is 5.10 Å². The van der Waals surface area contributed by atoms with Crippen molar-refractivity contribution in [3.05, 3.63) is 41.2 Å². The fourth-order valence-electron chi connectivity index (χ4n) is 3.86. The summed E-state index contributed by atoms with van der Waals surface area (Å²) >= 11 is 1.80. The molecule has 3 heterocycles. The minimum absolute atomic E-state index is 0.237. The van der Waals surface area contributed by atoms with Crippen LogP contribution in [0.1, 0.15) is 30.5 Å². The Balaban J connectivity index is 1.90. The summed E-state index contributed by atoms with van der Waals surface area (Å²) in [5.41, 5.74) is 6.39. The monoisotopic (exact) mass is 382 g/mol. The molecule has 6 heteroatoms. The molecule has 1 saturated heterocycles. The van der Waals surface area contributed by atoms with Crippen LogP contribution in [0, 0.1) is 20.8 Å². The van der Waals surface area contributed by atoms with E-state index in [1.165, 1.54) is 32.8 Å². The fourth-order valence-corrected chi connectivity index (χ4v) is 5.24. The van der Waals surface area contributed by atoms with E-state index >= 15 is 0 Å². The maximum atomic E-state index is 5.84. The molecule has 1 N–H and O–H groups in total. The van der Waals surface area contributed by atoms with E-state index in [0.29, 0.717) is 6.04 Å². The molecule has 3 aromatic rings. The molecule has 142 valence electrons. The Labute approximate surface area is 164 Å². The number of morpholine rings is 1. The summed E-state index contributed by atoms with van der Waals surface area (Å²) in [5.74, 6) is 0.832. The normalized spacial score (nSPS) is 20.3. The molecule has 0 radical (unpaired) electrons. The average Bonchev–Trinajstić information content (AvgIpc) is 3.26. The summed E-state index contributed by atoms with van der Waals surface area (Å²) in [5, 5.41) is 8.45. The molecular formula is C21H26N4OS. The maximum absolute atomic E-state index is 5.84. The Bertz CT molecular complexity index is 947. The van der Waals surface area contributed by atoms with Gasteiger partial charge < -0.3 is 9.64 Å². The molecule has 1 aliphatic rings. The number of rotatable bonds is 3. The molecule has 1 aliphatic heterocycles. The van der Waals surface area contributed by atoms with E-state index in [4.69, 9.17) is 4.74 Å². The van der Waals surface area contributed by atoms with E-state index in [0.717, 1.165) is 23.9 Å². The topological polar surface area (TPSA) is 54.0 Å². The van der Waals surface area contributed by atoms with E-state index in [1.54, 1.807) is 17.7 Å². The van der Waals surface area contributed by atoms with Gasteiger partial charge >= 0.3 is 0 Å². The lowest BCUT2D eigenvalue weighted by Gasteiger charge is -2.38. The Hall–Kier alpha value is -2.18. The van der Waals surface area contributed by atoms with E-state index in [-0.39, 0.29) is 6.10 Å². The number of aromatic nitrogens is 3. The molecule has 1 aromatic carbocycles. The molecule has 0 bridgehead atoms. The van der Waals surface area contributed by atoms with Crippen molar-refractivity contribution in [1.82, 2.24) is 15.2 Å². The fraction of sp³-hybridized carbons (Fsp3) is 0.429. The number of nitrogens with zero attached hydrogens (tertiary/aromatic N) is 3. The summed E-state index contributed by atoms with van der Waals surface area (Å²) in [6.07, 6.45) is 1.82. The van der Waals surface area contributed by atoms with Gasteiger partial charge in [-0.05, 0) is 51.3 Å². The van der Waals surface area contributed by atoms with Crippen LogP contribution in [0.2, 0.25) is 0 Å². The van der Waals surface area contributed by atoms with E-state index < -0.39 is 0 Å². The van der Waals surface area contributed by atoms with Gasteiger partial charge in [0, 0.05) is 12.1 Å². The summed E-state index contributed by atoms with van der Waals surface area (Å²) in [4.78, 5) is 8.09. The van der Waals surface area contributed by atoms with Gasteiger partial charge in [0.2, 0.25) is 0 Å². The van der Waals surface area contributed by atoms with Crippen LogP contribution in [-0.2, 0) is 4.74 Å². The summed E-state index contributed by atoms with van der Waals surface area (Å²) in [7, 11) is 0. The number of thiophene rings is 1. The van der Waals surface area contributed by atoms with Crippen molar-refractivity contribution in [3.63, 3.8) is 0 Å².